The molecule has 0 atom stereocenters. The van der Waals surface area contributed by atoms with Crippen LogP contribution in [0.1, 0.15) is 16.1 Å². The summed E-state index contributed by atoms with van der Waals surface area (Å²) in [5.41, 5.74) is 3.00. The van der Waals surface area contributed by atoms with Gasteiger partial charge in [0.25, 0.3) is 0 Å². The van der Waals surface area contributed by atoms with Crippen molar-refractivity contribution in [3.05, 3.63) is 46.4 Å². The van der Waals surface area contributed by atoms with Crippen LogP contribution in [-0.4, -0.2) is 22.7 Å². The van der Waals surface area contributed by atoms with Crippen LogP contribution in [0.3, 0.4) is 0 Å². The number of ether oxygens (including phenoxy) is 1. The number of carbonyl (C=O) groups is 1. The molecule has 0 fully saturated rings. The molecule has 0 unspecified atom stereocenters. The van der Waals surface area contributed by atoms with Gasteiger partial charge in [0, 0.05) is 11.8 Å². The van der Waals surface area contributed by atoms with Crippen molar-refractivity contribution in [1.29, 1.82) is 0 Å². The average Bonchev–Trinajstić information content (AvgIpc) is 2.82. The maximum atomic E-state index is 10.7. The van der Waals surface area contributed by atoms with Gasteiger partial charge in [-0.05, 0) is 18.2 Å². The maximum absolute atomic E-state index is 10.7. The highest BCUT2D eigenvalue weighted by Crippen LogP contribution is 2.13. The summed E-state index contributed by atoms with van der Waals surface area (Å²) in [5.74, 6) is -0.380. The second kappa shape index (κ2) is 5.45. The molecule has 0 bridgehead atoms. The van der Waals surface area contributed by atoms with E-state index in [-0.39, 0.29) is 5.56 Å². The molecule has 2 rings (SSSR count). The van der Waals surface area contributed by atoms with Crippen molar-refractivity contribution in [2.24, 2.45) is 0 Å². The summed E-state index contributed by atoms with van der Waals surface area (Å²) in [5, 5.41) is 10.8. The molecule has 0 aliphatic heterocycles. The minimum Gasteiger partial charge on any atom is -0.493 e. The van der Waals surface area contributed by atoms with Crippen LogP contribution in [0.5, 0.6) is 5.75 Å². The second-order valence-corrected chi connectivity index (χ2v) is 4.13. The second-order valence-electron chi connectivity index (χ2n) is 3.41. The molecule has 4 nitrogen and oxygen atoms in total. The summed E-state index contributed by atoms with van der Waals surface area (Å²) in [4.78, 5) is 14.9. The molecule has 0 aliphatic carbocycles. The first kappa shape index (κ1) is 11.6. The van der Waals surface area contributed by atoms with Crippen molar-refractivity contribution >= 4 is 17.3 Å². The van der Waals surface area contributed by atoms with E-state index < -0.39 is 5.97 Å². The Labute approximate surface area is 103 Å². The monoisotopic (exact) mass is 249 g/mol. The molecule has 0 spiro atoms. The van der Waals surface area contributed by atoms with Gasteiger partial charge in [0.2, 0.25) is 0 Å². The molecule has 0 saturated carbocycles. The molecule has 0 aliphatic rings. The number of aromatic carboxylic acids is 1. The number of carboxylic acid groups (broad SMARTS) is 1. The number of hydrogen-bond acceptors (Lipinski definition) is 4. The minimum atomic E-state index is -0.949. The number of thiazole rings is 1. The first-order valence-electron chi connectivity index (χ1n) is 5.09. The van der Waals surface area contributed by atoms with E-state index in [1.54, 1.807) is 29.0 Å². The maximum Gasteiger partial charge on any atom is 0.335 e. The van der Waals surface area contributed by atoms with E-state index >= 15 is 0 Å². The summed E-state index contributed by atoms with van der Waals surface area (Å²) < 4.78 is 5.47. The smallest absolute Gasteiger partial charge is 0.335 e. The lowest BCUT2D eigenvalue weighted by atomic mass is 10.2. The molecule has 1 heterocycles. The fourth-order valence-corrected chi connectivity index (χ4v) is 1.95. The van der Waals surface area contributed by atoms with E-state index in [0.717, 1.165) is 12.1 Å². The Morgan fingerprint density at radius 2 is 2.35 bits per heavy atom. The van der Waals surface area contributed by atoms with Gasteiger partial charge >= 0.3 is 5.97 Å². The average molecular weight is 249 g/mol. The zero-order chi connectivity index (χ0) is 12.1. The predicted molar refractivity (Wildman–Crippen MR) is 64.7 cm³/mol. The Bertz CT molecular complexity index is 496. The molecule has 0 amide bonds. The lowest BCUT2D eigenvalue weighted by Gasteiger charge is -2.05. The topological polar surface area (TPSA) is 59.4 Å². The Hall–Kier alpha value is -1.88. The summed E-state index contributed by atoms with van der Waals surface area (Å²) in [7, 11) is 0. The Kier molecular flexibility index (Phi) is 3.72. The first-order valence-corrected chi connectivity index (χ1v) is 6.03. The zero-order valence-corrected chi connectivity index (χ0v) is 9.81. The van der Waals surface area contributed by atoms with E-state index in [1.807, 2.05) is 5.38 Å². The predicted octanol–water partition coefficient (Wildman–Crippen LogP) is 2.46. The molecule has 2 aromatic rings. The minimum absolute atomic E-state index is 0.233. The number of benzene rings is 1. The molecule has 0 saturated heterocycles. The van der Waals surface area contributed by atoms with Crippen LogP contribution in [0.25, 0.3) is 0 Å². The van der Waals surface area contributed by atoms with Gasteiger partial charge in [0.15, 0.2) is 0 Å². The van der Waals surface area contributed by atoms with E-state index in [0.29, 0.717) is 12.4 Å². The highest BCUT2D eigenvalue weighted by atomic mass is 32.1. The molecule has 0 radical (unpaired) electrons. The van der Waals surface area contributed by atoms with Crippen LogP contribution >= 0.6 is 11.3 Å². The van der Waals surface area contributed by atoms with Gasteiger partial charge in [-0.3, -0.25) is 0 Å². The summed E-state index contributed by atoms with van der Waals surface area (Å²) >= 11 is 1.55. The van der Waals surface area contributed by atoms with Crippen molar-refractivity contribution in [3.63, 3.8) is 0 Å². The summed E-state index contributed by atoms with van der Waals surface area (Å²) in [6.07, 6.45) is 0.723. The van der Waals surface area contributed by atoms with Gasteiger partial charge in [-0.1, -0.05) is 6.07 Å². The largest absolute Gasteiger partial charge is 0.493 e. The quantitative estimate of drug-likeness (QED) is 0.884. The van der Waals surface area contributed by atoms with Crippen molar-refractivity contribution in [2.75, 3.05) is 6.61 Å². The van der Waals surface area contributed by atoms with Crippen molar-refractivity contribution < 1.29 is 14.6 Å². The highest BCUT2D eigenvalue weighted by Gasteiger charge is 2.03. The third kappa shape index (κ3) is 3.29. The first-order chi connectivity index (χ1) is 8.25. The Balaban J connectivity index is 1.90. The normalized spacial score (nSPS) is 10.1. The number of aromatic nitrogens is 1. The number of carboxylic acids is 1. The molecule has 1 aromatic heterocycles. The van der Waals surface area contributed by atoms with Gasteiger partial charge in [0.1, 0.15) is 5.75 Å². The van der Waals surface area contributed by atoms with Crippen LogP contribution in [0, 0.1) is 0 Å². The van der Waals surface area contributed by atoms with Gasteiger partial charge in [-0.2, -0.15) is 0 Å². The molecule has 1 aromatic carbocycles. The third-order valence-corrected chi connectivity index (χ3v) is 2.83. The fraction of sp³-hybridized carbons (Fsp3) is 0.167. The number of rotatable bonds is 5. The molecule has 88 valence electrons. The standard InChI is InChI=1S/C12H11NO3S/c14-12(15)9-2-1-3-11(6-9)16-5-4-10-7-17-8-13-10/h1-3,6-8H,4-5H2,(H,14,15). The van der Waals surface area contributed by atoms with Gasteiger partial charge in [0.05, 0.1) is 23.4 Å². The van der Waals surface area contributed by atoms with Crippen LogP contribution < -0.4 is 4.74 Å². The van der Waals surface area contributed by atoms with E-state index in [2.05, 4.69) is 4.98 Å². The zero-order valence-electron chi connectivity index (χ0n) is 9.00. The lowest BCUT2D eigenvalue weighted by molar-refractivity contribution is 0.0696. The molecular weight excluding hydrogens is 238 g/mol. The highest BCUT2D eigenvalue weighted by molar-refractivity contribution is 7.07. The number of nitrogens with zero attached hydrogens (tertiary/aromatic N) is 1. The van der Waals surface area contributed by atoms with Gasteiger partial charge in [-0.15, -0.1) is 11.3 Å². The van der Waals surface area contributed by atoms with E-state index in [9.17, 15) is 4.79 Å². The van der Waals surface area contributed by atoms with Crippen LogP contribution in [0.15, 0.2) is 35.2 Å². The van der Waals surface area contributed by atoms with Crippen molar-refractivity contribution in [3.8, 4) is 5.75 Å². The van der Waals surface area contributed by atoms with E-state index in [1.165, 1.54) is 12.1 Å². The summed E-state index contributed by atoms with van der Waals surface area (Å²) in [6, 6.07) is 6.47. The Morgan fingerprint density at radius 1 is 1.47 bits per heavy atom. The fourth-order valence-electron chi connectivity index (χ4n) is 1.35. The molecule has 17 heavy (non-hydrogen) atoms. The SMILES string of the molecule is O=C(O)c1cccc(OCCc2cscn2)c1. The van der Waals surface area contributed by atoms with Gasteiger partial charge in [-0.25, -0.2) is 9.78 Å². The lowest BCUT2D eigenvalue weighted by Crippen LogP contribution is -2.03. The van der Waals surface area contributed by atoms with Crippen molar-refractivity contribution in [2.45, 2.75) is 6.42 Å². The Morgan fingerprint density at radius 3 is 3.06 bits per heavy atom. The van der Waals surface area contributed by atoms with Gasteiger partial charge < -0.3 is 9.84 Å². The number of hydrogen-bond donors (Lipinski definition) is 1. The molecule has 5 heteroatoms. The summed E-state index contributed by atoms with van der Waals surface area (Å²) in [6.45, 7) is 0.493. The third-order valence-electron chi connectivity index (χ3n) is 2.19. The molecular formula is C12H11NO3S. The van der Waals surface area contributed by atoms with Crippen LogP contribution in [0.2, 0.25) is 0 Å². The molecule has 1 N–H and O–H groups in total. The van der Waals surface area contributed by atoms with E-state index in [4.69, 9.17) is 9.84 Å². The van der Waals surface area contributed by atoms with Crippen LogP contribution in [-0.2, 0) is 6.42 Å². The van der Waals surface area contributed by atoms with Crippen molar-refractivity contribution in [1.82, 2.24) is 4.98 Å². The van der Waals surface area contributed by atoms with Crippen LogP contribution in [0.4, 0.5) is 0 Å².